The van der Waals surface area contributed by atoms with Crippen molar-refractivity contribution in [3.05, 3.63) is 41.7 Å². The second-order valence-corrected chi connectivity index (χ2v) is 7.48. The molecule has 8 heteroatoms. The summed E-state index contributed by atoms with van der Waals surface area (Å²) in [4.78, 5) is 14.9. The predicted molar refractivity (Wildman–Crippen MR) is 105 cm³/mol. The van der Waals surface area contributed by atoms with Crippen molar-refractivity contribution < 1.29 is 9.53 Å². The van der Waals surface area contributed by atoms with Crippen molar-refractivity contribution >= 4 is 5.91 Å². The van der Waals surface area contributed by atoms with Gasteiger partial charge in [0.15, 0.2) is 5.69 Å². The van der Waals surface area contributed by atoms with E-state index in [0.29, 0.717) is 24.8 Å². The first-order valence-electron chi connectivity index (χ1n) is 10.1. The van der Waals surface area contributed by atoms with Gasteiger partial charge in [-0.1, -0.05) is 23.4 Å². The number of piperazine rings is 1. The molecule has 2 aromatic rings. The molecule has 4 rings (SSSR count). The summed E-state index contributed by atoms with van der Waals surface area (Å²) in [6.07, 6.45) is 3.57. The number of carbonyl (C=O) groups is 1. The zero-order valence-electron chi connectivity index (χ0n) is 16.1. The minimum atomic E-state index is -0.160. The third-order valence-electron chi connectivity index (χ3n) is 5.44. The van der Waals surface area contributed by atoms with E-state index in [9.17, 15) is 4.79 Å². The molecule has 1 aromatic carbocycles. The molecule has 2 aliphatic heterocycles. The molecule has 3 heterocycles. The lowest BCUT2D eigenvalue weighted by Gasteiger charge is -2.26. The number of benzene rings is 1. The van der Waals surface area contributed by atoms with Crippen molar-refractivity contribution in [1.29, 1.82) is 0 Å². The fraction of sp³-hybridized carbons (Fsp3) is 0.550. The van der Waals surface area contributed by atoms with E-state index in [1.807, 2.05) is 18.2 Å². The van der Waals surface area contributed by atoms with Crippen LogP contribution in [0.3, 0.4) is 0 Å². The molecule has 0 bridgehead atoms. The van der Waals surface area contributed by atoms with Gasteiger partial charge in [-0.25, -0.2) is 0 Å². The summed E-state index contributed by atoms with van der Waals surface area (Å²) in [5, 5.41) is 14.5. The van der Waals surface area contributed by atoms with Gasteiger partial charge < -0.3 is 15.4 Å². The van der Waals surface area contributed by atoms with E-state index in [1.54, 1.807) is 10.9 Å². The molecule has 1 aromatic heterocycles. The van der Waals surface area contributed by atoms with Crippen molar-refractivity contribution in [3.8, 4) is 5.75 Å². The van der Waals surface area contributed by atoms with Gasteiger partial charge in [0.1, 0.15) is 5.75 Å². The molecular formula is C20H28N6O2. The van der Waals surface area contributed by atoms with Gasteiger partial charge in [-0.05, 0) is 30.4 Å². The van der Waals surface area contributed by atoms with E-state index in [-0.39, 0.29) is 5.91 Å². The number of fused-ring (bicyclic) bond motifs is 1. The van der Waals surface area contributed by atoms with Gasteiger partial charge in [-0.15, -0.1) is 5.10 Å². The monoisotopic (exact) mass is 384 g/mol. The summed E-state index contributed by atoms with van der Waals surface area (Å²) in [5.41, 5.74) is 1.59. The average Bonchev–Trinajstić information content (AvgIpc) is 3.11. The molecule has 8 nitrogen and oxygen atoms in total. The summed E-state index contributed by atoms with van der Waals surface area (Å²) < 4.78 is 7.56. The largest absolute Gasteiger partial charge is 0.493 e. The molecule has 0 spiro atoms. The van der Waals surface area contributed by atoms with Crippen LogP contribution < -0.4 is 15.4 Å². The van der Waals surface area contributed by atoms with Crippen molar-refractivity contribution in [2.75, 3.05) is 45.9 Å². The van der Waals surface area contributed by atoms with Gasteiger partial charge in [0.2, 0.25) is 0 Å². The summed E-state index contributed by atoms with van der Waals surface area (Å²) >= 11 is 0. The number of nitrogens with one attached hydrogen (secondary N) is 2. The van der Waals surface area contributed by atoms with Crippen LogP contribution in [0.15, 0.2) is 30.5 Å². The first kappa shape index (κ1) is 18.9. The summed E-state index contributed by atoms with van der Waals surface area (Å²) in [6.45, 7) is 7.13. The zero-order valence-corrected chi connectivity index (χ0v) is 16.1. The average molecular weight is 384 g/mol. The lowest BCUT2D eigenvalue weighted by molar-refractivity contribution is 0.0940. The highest BCUT2D eigenvalue weighted by Gasteiger charge is 2.19. The maximum absolute atomic E-state index is 12.5. The number of hydrogen-bond acceptors (Lipinski definition) is 6. The van der Waals surface area contributed by atoms with Crippen LogP contribution in [-0.2, 0) is 13.0 Å². The fourth-order valence-corrected chi connectivity index (χ4v) is 3.75. The van der Waals surface area contributed by atoms with Crippen LogP contribution in [0.1, 0.15) is 22.5 Å². The zero-order chi connectivity index (χ0) is 19.2. The molecule has 28 heavy (non-hydrogen) atoms. The molecule has 2 aliphatic rings. The lowest BCUT2D eigenvalue weighted by Crippen LogP contribution is -2.44. The smallest absolute Gasteiger partial charge is 0.273 e. The quantitative estimate of drug-likeness (QED) is 0.757. The van der Waals surface area contributed by atoms with Crippen LogP contribution in [0.25, 0.3) is 0 Å². The van der Waals surface area contributed by atoms with Crippen molar-refractivity contribution in [2.24, 2.45) is 5.92 Å². The van der Waals surface area contributed by atoms with Crippen LogP contribution in [0.4, 0.5) is 0 Å². The fourth-order valence-electron chi connectivity index (χ4n) is 3.75. The molecular weight excluding hydrogens is 356 g/mol. The molecule has 1 amide bonds. The Morgan fingerprint density at radius 2 is 2.11 bits per heavy atom. The van der Waals surface area contributed by atoms with Crippen molar-refractivity contribution in [3.63, 3.8) is 0 Å². The normalized spacial score (nSPS) is 20.1. The van der Waals surface area contributed by atoms with E-state index in [0.717, 1.165) is 57.9 Å². The molecule has 0 aliphatic carbocycles. The number of para-hydroxylation sites is 1. The Labute approximate surface area is 165 Å². The summed E-state index contributed by atoms with van der Waals surface area (Å²) in [7, 11) is 0. The Hall–Kier alpha value is -2.45. The lowest BCUT2D eigenvalue weighted by atomic mass is 9.97. The van der Waals surface area contributed by atoms with Crippen LogP contribution in [0.2, 0.25) is 0 Å². The highest BCUT2D eigenvalue weighted by molar-refractivity contribution is 5.91. The topological polar surface area (TPSA) is 84.3 Å². The minimum absolute atomic E-state index is 0.160. The number of carbonyl (C=O) groups excluding carboxylic acids is 1. The number of ether oxygens (including phenoxy) is 1. The van der Waals surface area contributed by atoms with E-state index in [4.69, 9.17) is 4.74 Å². The third kappa shape index (κ3) is 4.88. The second kappa shape index (κ2) is 9.16. The van der Waals surface area contributed by atoms with Gasteiger partial charge in [-0.3, -0.25) is 14.4 Å². The number of hydrogen-bond donors (Lipinski definition) is 2. The molecule has 0 radical (unpaired) electrons. The maximum Gasteiger partial charge on any atom is 0.273 e. The van der Waals surface area contributed by atoms with E-state index < -0.39 is 0 Å². The highest BCUT2D eigenvalue weighted by Crippen LogP contribution is 2.26. The molecule has 2 N–H and O–H groups in total. The number of rotatable bonds is 6. The first-order valence-corrected chi connectivity index (χ1v) is 10.1. The number of nitrogens with zero attached hydrogens (tertiary/aromatic N) is 4. The van der Waals surface area contributed by atoms with Crippen molar-refractivity contribution in [1.82, 2.24) is 30.5 Å². The van der Waals surface area contributed by atoms with Crippen LogP contribution in [0, 0.1) is 5.92 Å². The molecule has 1 fully saturated rings. The Morgan fingerprint density at radius 3 is 3.00 bits per heavy atom. The Balaban J connectivity index is 1.25. The van der Waals surface area contributed by atoms with Crippen molar-refractivity contribution in [2.45, 2.75) is 19.4 Å². The number of aromatic nitrogens is 3. The van der Waals surface area contributed by atoms with E-state index in [1.165, 1.54) is 5.56 Å². The van der Waals surface area contributed by atoms with Gasteiger partial charge >= 0.3 is 0 Å². The van der Waals surface area contributed by atoms with Crippen LogP contribution in [-0.4, -0.2) is 71.7 Å². The molecule has 1 atom stereocenters. The maximum atomic E-state index is 12.5. The molecule has 150 valence electrons. The van der Waals surface area contributed by atoms with Gasteiger partial charge in [0.05, 0.1) is 19.3 Å². The summed E-state index contributed by atoms with van der Waals surface area (Å²) in [5.74, 6) is 1.16. The third-order valence-corrected chi connectivity index (χ3v) is 5.44. The Kier molecular flexibility index (Phi) is 6.18. The Bertz CT molecular complexity index is 787. The first-order chi connectivity index (χ1) is 13.8. The predicted octanol–water partition coefficient (Wildman–Crippen LogP) is 0.555. The van der Waals surface area contributed by atoms with Crippen LogP contribution in [0.5, 0.6) is 5.75 Å². The number of amides is 1. The van der Waals surface area contributed by atoms with Crippen LogP contribution >= 0.6 is 0 Å². The standard InChI is InChI=1S/C20H28N6O2/c27-20(18-15-26(24-23-18)11-10-25-8-6-21-7-9-25)22-14-16-5-12-28-19-4-2-1-3-17(19)13-16/h1-4,15-16,21H,5-14H2,(H,22,27)/t16-/m1/s1. The van der Waals surface area contributed by atoms with E-state index >= 15 is 0 Å². The van der Waals surface area contributed by atoms with E-state index in [2.05, 4.69) is 31.9 Å². The SMILES string of the molecule is O=C(NC[C@@H]1CCOc2ccccc2C1)c1cn(CCN2CCNCC2)nn1. The van der Waals surface area contributed by atoms with Gasteiger partial charge in [-0.2, -0.15) is 0 Å². The van der Waals surface area contributed by atoms with Gasteiger partial charge in [0, 0.05) is 39.3 Å². The highest BCUT2D eigenvalue weighted by atomic mass is 16.5. The molecule has 0 unspecified atom stereocenters. The summed E-state index contributed by atoms with van der Waals surface area (Å²) in [6, 6.07) is 8.13. The molecule has 1 saturated heterocycles. The van der Waals surface area contributed by atoms with Gasteiger partial charge in [0.25, 0.3) is 5.91 Å². The molecule has 0 saturated carbocycles. The minimum Gasteiger partial charge on any atom is -0.493 e. The second-order valence-electron chi connectivity index (χ2n) is 7.48. The Morgan fingerprint density at radius 1 is 1.25 bits per heavy atom.